The van der Waals surface area contributed by atoms with Crippen molar-refractivity contribution in [2.45, 2.75) is 37.4 Å². The predicted molar refractivity (Wildman–Crippen MR) is 129 cm³/mol. The lowest BCUT2D eigenvalue weighted by Crippen LogP contribution is -2.60. The van der Waals surface area contributed by atoms with E-state index in [1.165, 1.54) is 10.5 Å². The van der Waals surface area contributed by atoms with Gasteiger partial charge in [-0.3, -0.25) is 24.6 Å². The van der Waals surface area contributed by atoms with Gasteiger partial charge in [-0.15, -0.1) is 0 Å². The Morgan fingerprint density at radius 2 is 1.74 bits per heavy atom. The number of fused-ring (bicyclic) bond motifs is 1. The van der Waals surface area contributed by atoms with Crippen LogP contribution in [-0.2, 0) is 34.0 Å². The Labute approximate surface area is 206 Å². The summed E-state index contributed by atoms with van der Waals surface area (Å²) in [6.07, 6.45) is -0.256. The zero-order valence-corrected chi connectivity index (χ0v) is 19.4. The largest absolute Gasteiger partial charge is 0.489 e. The zero-order chi connectivity index (χ0) is 24.6. The van der Waals surface area contributed by atoms with E-state index in [1.54, 1.807) is 18.2 Å². The maximum atomic E-state index is 13.1. The summed E-state index contributed by atoms with van der Waals surface area (Å²) in [4.78, 5) is 41.1. The molecule has 3 aliphatic rings. The number of imide groups is 1. The van der Waals surface area contributed by atoms with E-state index < -0.39 is 23.1 Å². The first-order valence-corrected chi connectivity index (χ1v) is 11.7. The van der Waals surface area contributed by atoms with Crippen LogP contribution in [0.5, 0.6) is 5.75 Å². The number of amides is 3. The fraction of sp³-hybridized carbons (Fsp3) is 0.400. The molecule has 0 spiro atoms. The van der Waals surface area contributed by atoms with Gasteiger partial charge in [0.15, 0.2) is 0 Å². The Morgan fingerprint density at radius 3 is 2.46 bits per heavy atom. The summed E-state index contributed by atoms with van der Waals surface area (Å²) < 4.78 is 11.5. The second-order valence-corrected chi connectivity index (χ2v) is 9.31. The summed E-state index contributed by atoms with van der Waals surface area (Å²) in [5.74, 6) is -1.04. The van der Waals surface area contributed by atoms with E-state index >= 15 is 0 Å². The molecule has 0 aliphatic carbocycles. The van der Waals surface area contributed by atoms with Gasteiger partial charge in [0.25, 0.3) is 5.91 Å². The standard InChI is InChI=1S/C25H25B2N3O5/c26-25(27)12-21(31)28-23(32)22(25)30-14-19-18(24(30)33)2-1-3-20(19)35-15-17-6-4-16(5-7-17)13-29-8-10-34-11-9-29/h1-7,22H,8-15H2,(H,28,31,32). The van der Waals surface area contributed by atoms with Crippen molar-refractivity contribution in [2.24, 2.45) is 0 Å². The molecule has 2 aromatic rings. The van der Waals surface area contributed by atoms with Crippen molar-refractivity contribution >= 4 is 33.4 Å². The monoisotopic (exact) mass is 469 g/mol. The summed E-state index contributed by atoms with van der Waals surface area (Å²) in [7, 11) is 12.2. The SMILES string of the molecule is [B]C1([B])CC(=O)NC(=O)C1N1Cc2c(OCc3ccc(CN4CCOCC4)cc3)cccc2C1=O. The summed E-state index contributed by atoms with van der Waals surface area (Å²) >= 11 is 0. The Bertz CT molecular complexity index is 1150. The third-order valence-corrected chi connectivity index (χ3v) is 6.68. The number of piperidine rings is 1. The Hall–Kier alpha value is -3.10. The van der Waals surface area contributed by atoms with Gasteiger partial charge >= 0.3 is 0 Å². The van der Waals surface area contributed by atoms with Gasteiger partial charge in [0, 0.05) is 37.2 Å². The molecule has 0 bridgehead atoms. The summed E-state index contributed by atoms with van der Waals surface area (Å²) in [6.45, 7) is 4.76. The minimum atomic E-state index is -1.65. The number of nitrogens with zero attached hydrogens (tertiary/aromatic N) is 2. The lowest BCUT2D eigenvalue weighted by atomic mass is 9.47. The molecule has 3 amide bonds. The Balaban J connectivity index is 1.26. The van der Waals surface area contributed by atoms with Crippen LogP contribution >= 0.6 is 0 Å². The van der Waals surface area contributed by atoms with Crippen LogP contribution in [-0.4, -0.2) is 75.6 Å². The maximum Gasteiger partial charge on any atom is 0.255 e. The molecule has 2 saturated heterocycles. The highest BCUT2D eigenvalue weighted by molar-refractivity contribution is 6.44. The van der Waals surface area contributed by atoms with Gasteiger partial charge in [-0.2, -0.15) is 0 Å². The highest BCUT2D eigenvalue weighted by atomic mass is 16.5. The van der Waals surface area contributed by atoms with E-state index in [1.807, 2.05) is 12.1 Å². The number of hydrogen-bond acceptors (Lipinski definition) is 6. The molecule has 5 rings (SSSR count). The van der Waals surface area contributed by atoms with Crippen molar-refractivity contribution in [3.05, 3.63) is 64.7 Å². The summed E-state index contributed by atoms with van der Waals surface area (Å²) in [5.41, 5.74) is 3.34. The first kappa shape index (κ1) is 23.6. The topological polar surface area (TPSA) is 88.2 Å². The molecule has 2 aromatic carbocycles. The molecule has 2 fully saturated rings. The number of carbonyl (C=O) groups is 3. The van der Waals surface area contributed by atoms with E-state index in [4.69, 9.17) is 25.2 Å². The van der Waals surface area contributed by atoms with Gasteiger partial charge in [-0.05, 0) is 23.3 Å². The minimum absolute atomic E-state index is 0.116. The number of hydrogen-bond donors (Lipinski definition) is 1. The van der Waals surface area contributed by atoms with Crippen LogP contribution in [0.25, 0.3) is 0 Å². The lowest BCUT2D eigenvalue weighted by molar-refractivity contribution is -0.137. The summed E-state index contributed by atoms with van der Waals surface area (Å²) in [6, 6.07) is 12.3. The van der Waals surface area contributed by atoms with Crippen LogP contribution in [0.15, 0.2) is 42.5 Å². The van der Waals surface area contributed by atoms with Crippen LogP contribution in [0.1, 0.15) is 33.5 Å². The lowest BCUT2D eigenvalue weighted by Gasteiger charge is -2.42. The van der Waals surface area contributed by atoms with Gasteiger partial charge in [-0.25, -0.2) is 0 Å². The Morgan fingerprint density at radius 1 is 1.03 bits per heavy atom. The van der Waals surface area contributed by atoms with Crippen LogP contribution in [0, 0.1) is 0 Å². The molecular weight excluding hydrogens is 444 g/mol. The van der Waals surface area contributed by atoms with E-state index in [-0.39, 0.29) is 18.9 Å². The van der Waals surface area contributed by atoms with Crippen molar-refractivity contribution in [1.29, 1.82) is 0 Å². The second kappa shape index (κ2) is 9.51. The first-order valence-electron chi connectivity index (χ1n) is 11.7. The molecule has 4 radical (unpaired) electrons. The number of morpholine rings is 1. The maximum absolute atomic E-state index is 13.1. The molecule has 10 heteroatoms. The molecule has 1 N–H and O–H groups in total. The van der Waals surface area contributed by atoms with Crippen LogP contribution in [0.4, 0.5) is 0 Å². The molecular formula is C25H25B2N3O5. The van der Waals surface area contributed by atoms with Crippen molar-refractivity contribution in [2.75, 3.05) is 26.3 Å². The fourth-order valence-electron chi connectivity index (χ4n) is 4.89. The minimum Gasteiger partial charge on any atom is -0.489 e. The van der Waals surface area contributed by atoms with Gasteiger partial charge in [0.2, 0.25) is 11.8 Å². The van der Waals surface area contributed by atoms with E-state index in [0.29, 0.717) is 23.5 Å². The van der Waals surface area contributed by atoms with Crippen LogP contribution in [0.3, 0.4) is 0 Å². The number of benzene rings is 2. The number of ether oxygens (including phenoxy) is 2. The third-order valence-electron chi connectivity index (χ3n) is 6.68. The van der Waals surface area contributed by atoms with Crippen molar-refractivity contribution in [3.63, 3.8) is 0 Å². The predicted octanol–water partition coefficient (Wildman–Crippen LogP) is 0.922. The molecule has 35 heavy (non-hydrogen) atoms. The molecule has 0 aromatic heterocycles. The fourth-order valence-corrected chi connectivity index (χ4v) is 4.89. The molecule has 1 unspecified atom stereocenters. The molecule has 3 aliphatic heterocycles. The molecule has 8 nitrogen and oxygen atoms in total. The highest BCUT2D eigenvalue weighted by Crippen LogP contribution is 2.40. The smallest absolute Gasteiger partial charge is 0.255 e. The average molecular weight is 469 g/mol. The summed E-state index contributed by atoms with van der Waals surface area (Å²) in [5, 5.41) is 0.577. The highest BCUT2D eigenvalue weighted by Gasteiger charge is 2.48. The molecule has 0 saturated carbocycles. The third kappa shape index (κ3) is 4.86. The zero-order valence-electron chi connectivity index (χ0n) is 19.4. The average Bonchev–Trinajstić information content (AvgIpc) is 3.14. The van der Waals surface area contributed by atoms with Crippen molar-refractivity contribution < 1.29 is 23.9 Å². The van der Waals surface area contributed by atoms with Crippen molar-refractivity contribution in [3.8, 4) is 5.75 Å². The first-order chi connectivity index (χ1) is 16.8. The van der Waals surface area contributed by atoms with Crippen LogP contribution in [0.2, 0.25) is 5.21 Å². The van der Waals surface area contributed by atoms with E-state index in [9.17, 15) is 14.4 Å². The normalized spacial score (nSPS) is 22.1. The van der Waals surface area contributed by atoms with Crippen LogP contribution < -0.4 is 10.1 Å². The number of rotatable bonds is 6. The number of nitrogens with one attached hydrogen (secondary N) is 1. The molecule has 1 atom stereocenters. The molecule has 3 heterocycles. The Kier molecular flexibility index (Phi) is 6.42. The quantitative estimate of drug-likeness (QED) is 0.501. The van der Waals surface area contributed by atoms with E-state index in [2.05, 4.69) is 22.3 Å². The van der Waals surface area contributed by atoms with Gasteiger partial charge in [0.05, 0.1) is 35.5 Å². The second-order valence-electron chi connectivity index (χ2n) is 9.31. The van der Waals surface area contributed by atoms with Crippen molar-refractivity contribution in [1.82, 2.24) is 15.1 Å². The molecule has 176 valence electrons. The van der Waals surface area contributed by atoms with Gasteiger partial charge in [-0.1, -0.05) is 35.5 Å². The number of carbonyl (C=O) groups excluding carboxylic acids is 3. The van der Waals surface area contributed by atoms with E-state index in [0.717, 1.165) is 38.4 Å². The van der Waals surface area contributed by atoms with Gasteiger partial charge in [0.1, 0.15) is 18.4 Å². The van der Waals surface area contributed by atoms with Gasteiger partial charge < -0.3 is 14.4 Å².